The second kappa shape index (κ2) is 5.80. The lowest BCUT2D eigenvalue weighted by Crippen LogP contribution is -2.10. The first kappa shape index (κ1) is 11.2. The Labute approximate surface area is 87.8 Å². The number of benzene rings is 1. The number of ether oxygens (including phenoxy) is 2. The van der Waals surface area contributed by atoms with Crippen LogP contribution in [0.5, 0.6) is 0 Å². The maximum Gasteiger partial charge on any atom is 0.338 e. The highest BCUT2D eigenvalue weighted by Crippen LogP contribution is 2.04. The van der Waals surface area contributed by atoms with E-state index in [4.69, 9.17) is 4.74 Å². The molecule has 0 unspecified atom stereocenters. The average Bonchev–Trinajstić information content (AvgIpc) is 2.25. The van der Waals surface area contributed by atoms with E-state index in [0.29, 0.717) is 12.0 Å². The van der Waals surface area contributed by atoms with Gasteiger partial charge < -0.3 is 9.47 Å². The Hall–Kier alpha value is -1.84. The number of carbonyl (C=O) groups excluding carboxylic acids is 2. The van der Waals surface area contributed by atoms with Gasteiger partial charge in [0, 0.05) is 0 Å². The van der Waals surface area contributed by atoms with Crippen LogP contribution in [0.25, 0.3) is 0 Å². The Morgan fingerprint density at radius 1 is 1.27 bits per heavy atom. The Kier molecular flexibility index (Phi) is 4.34. The molecule has 0 aliphatic rings. The van der Waals surface area contributed by atoms with Crippen LogP contribution in [0.4, 0.5) is 0 Å². The zero-order valence-corrected chi connectivity index (χ0v) is 8.43. The van der Waals surface area contributed by atoms with E-state index < -0.39 is 5.97 Å². The number of hydrogen-bond donors (Lipinski definition) is 0. The van der Waals surface area contributed by atoms with Crippen molar-refractivity contribution in [2.45, 2.75) is 6.92 Å². The molecular weight excluding hydrogens is 196 g/mol. The Balaban J connectivity index is 2.40. The molecule has 1 aromatic carbocycles. The molecule has 0 saturated carbocycles. The normalized spacial score (nSPS) is 9.40. The van der Waals surface area contributed by atoms with Gasteiger partial charge in [0.05, 0.1) is 5.56 Å². The van der Waals surface area contributed by atoms with Crippen molar-refractivity contribution in [3.8, 4) is 0 Å². The Morgan fingerprint density at radius 3 is 2.53 bits per heavy atom. The van der Waals surface area contributed by atoms with Crippen molar-refractivity contribution in [1.29, 1.82) is 0 Å². The van der Waals surface area contributed by atoms with E-state index in [-0.39, 0.29) is 13.2 Å². The van der Waals surface area contributed by atoms with Gasteiger partial charge in [-0.2, -0.15) is 0 Å². The van der Waals surface area contributed by atoms with E-state index in [1.165, 1.54) is 0 Å². The highest BCUT2D eigenvalue weighted by molar-refractivity contribution is 5.89. The van der Waals surface area contributed by atoms with Crippen molar-refractivity contribution in [1.82, 2.24) is 0 Å². The van der Waals surface area contributed by atoms with E-state index in [1.807, 2.05) is 19.1 Å². The van der Waals surface area contributed by atoms with Crippen LogP contribution in [0.3, 0.4) is 0 Å². The molecule has 0 radical (unpaired) electrons. The summed E-state index contributed by atoms with van der Waals surface area (Å²) < 4.78 is 9.23. The van der Waals surface area contributed by atoms with Crippen LogP contribution in [-0.2, 0) is 14.3 Å². The van der Waals surface area contributed by atoms with Gasteiger partial charge in [0.25, 0.3) is 6.47 Å². The Bertz CT molecular complexity index is 329. The molecule has 4 heteroatoms. The van der Waals surface area contributed by atoms with Gasteiger partial charge in [-0.3, -0.25) is 4.79 Å². The maximum absolute atomic E-state index is 11.4. The molecule has 0 aliphatic carbocycles. The molecule has 0 heterocycles. The molecule has 0 N–H and O–H groups in total. The van der Waals surface area contributed by atoms with E-state index in [2.05, 4.69) is 4.74 Å². The smallest absolute Gasteiger partial charge is 0.338 e. The monoisotopic (exact) mass is 208 g/mol. The second-order valence-corrected chi connectivity index (χ2v) is 2.97. The van der Waals surface area contributed by atoms with Gasteiger partial charge in [-0.15, -0.1) is 0 Å². The molecule has 0 amide bonds. The third-order valence-electron chi connectivity index (χ3n) is 1.79. The largest absolute Gasteiger partial charge is 0.464 e. The van der Waals surface area contributed by atoms with Crippen molar-refractivity contribution < 1.29 is 19.1 Å². The van der Waals surface area contributed by atoms with Crippen LogP contribution in [0.15, 0.2) is 24.3 Å². The predicted octanol–water partition coefficient (Wildman–Crippen LogP) is 1.32. The molecule has 15 heavy (non-hydrogen) atoms. The van der Waals surface area contributed by atoms with E-state index in [9.17, 15) is 9.59 Å². The minimum absolute atomic E-state index is 0.0749. The van der Waals surface area contributed by atoms with Crippen molar-refractivity contribution in [3.05, 3.63) is 35.4 Å². The van der Waals surface area contributed by atoms with Gasteiger partial charge in [-0.25, -0.2) is 4.79 Å². The Morgan fingerprint density at radius 2 is 1.93 bits per heavy atom. The van der Waals surface area contributed by atoms with E-state index in [0.717, 1.165) is 5.56 Å². The highest BCUT2D eigenvalue weighted by Gasteiger charge is 2.05. The quantitative estimate of drug-likeness (QED) is 0.416. The molecule has 0 aromatic heterocycles. The van der Waals surface area contributed by atoms with E-state index >= 15 is 0 Å². The molecule has 0 fully saturated rings. The summed E-state index contributed by atoms with van der Waals surface area (Å²) in [5, 5.41) is 0. The summed E-state index contributed by atoms with van der Waals surface area (Å²) in [6, 6.07) is 7.05. The van der Waals surface area contributed by atoms with Crippen molar-refractivity contribution in [2.24, 2.45) is 0 Å². The SMILES string of the molecule is Cc1ccc(C(=O)OCCOC=O)cc1. The number of aryl methyl sites for hydroxylation is 1. The van der Waals surface area contributed by atoms with E-state index in [1.54, 1.807) is 12.1 Å². The molecular formula is C11H12O4. The highest BCUT2D eigenvalue weighted by atomic mass is 16.6. The summed E-state index contributed by atoms with van der Waals surface area (Å²) in [5.74, 6) is -0.413. The third kappa shape index (κ3) is 3.81. The molecule has 0 atom stereocenters. The number of esters is 1. The zero-order valence-electron chi connectivity index (χ0n) is 8.43. The molecule has 1 aromatic rings. The summed E-state index contributed by atoms with van der Waals surface area (Å²) in [6.07, 6.45) is 0. The molecule has 0 saturated heterocycles. The lowest BCUT2D eigenvalue weighted by Gasteiger charge is -2.03. The molecule has 80 valence electrons. The van der Waals surface area contributed by atoms with Gasteiger partial charge in [0.15, 0.2) is 0 Å². The maximum atomic E-state index is 11.4. The van der Waals surface area contributed by atoms with Crippen LogP contribution >= 0.6 is 0 Å². The zero-order chi connectivity index (χ0) is 11.1. The topological polar surface area (TPSA) is 52.6 Å². The van der Waals surface area contributed by atoms with Crippen LogP contribution in [-0.4, -0.2) is 25.7 Å². The van der Waals surface area contributed by atoms with Crippen molar-refractivity contribution in [2.75, 3.05) is 13.2 Å². The fourth-order valence-electron chi connectivity index (χ4n) is 1.00. The summed E-state index contributed by atoms with van der Waals surface area (Å²) in [5.41, 5.74) is 1.57. The molecule has 0 bridgehead atoms. The number of hydrogen-bond acceptors (Lipinski definition) is 4. The van der Waals surface area contributed by atoms with Gasteiger partial charge in [0.1, 0.15) is 13.2 Å². The first-order valence-corrected chi connectivity index (χ1v) is 4.53. The number of rotatable bonds is 5. The third-order valence-corrected chi connectivity index (χ3v) is 1.79. The lowest BCUT2D eigenvalue weighted by atomic mass is 10.1. The summed E-state index contributed by atoms with van der Waals surface area (Å²) in [4.78, 5) is 21.1. The van der Waals surface area contributed by atoms with Gasteiger partial charge in [0.2, 0.25) is 0 Å². The standard InChI is InChI=1S/C11H12O4/c1-9-2-4-10(5-3-9)11(13)15-7-6-14-8-12/h2-5,8H,6-7H2,1H3. The lowest BCUT2D eigenvalue weighted by molar-refractivity contribution is -0.129. The molecule has 0 aliphatic heterocycles. The fourth-order valence-corrected chi connectivity index (χ4v) is 1.00. The van der Waals surface area contributed by atoms with Crippen LogP contribution < -0.4 is 0 Å². The van der Waals surface area contributed by atoms with Gasteiger partial charge in [-0.1, -0.05) is 17.7 Å². The summed E-state index contributed by atoms with van der Waals surface area (Å²) in [7, 11) is 0. The number of carbonyl (C=O) groups is 2. The first-order valence-electron chi connectivity index (χ1n) is 4.53. The average molecular weight is 208 g/mol. The molecule has 4 nitrogen and oxygen atoms in total. The fraction of sp³-hybridized carbons (Fsp3) is 0.273. The second-order valence-electron chi connectivity index (χ2n) is 2.97. The van der Waals surface area contributed by atoms with Crippen LogP contribution in [0.1, 0.15) is 15.9 Å². The summed E-state index contributed by atoms with van der Waals surface area (Å²) >= 11 is 0. The first-order chi connectivity index (χ1) is 7.24. The van der Waals surface area contributed by atoms with Crippen molar-refractivity contribution in [3.63, 3.8) is 0 Å². The minimum Gasteiger partial charge on any atom is -0.464 e. The molecule has 1 rings (SSSR count). The van der Waals surface area contributed by atoms with Crippen LogP contribution in [0, 0.1) is 6.92 Å². The predicted molar refractivity (Wildman–Crippen MR) is 53.5 cm³/mol. The van der Waals surface area contributed by atoms with Gasteiger partial charge in [-0.05, 0) is 19.1 Å². The molecule has 0 spiro atoms. The van der Waals surface area contributed by atoms with Crippen LogP contribution in [0.2, 0.25) is 0 Å². The minimum atomic E-state index is -0.413. The summed E-state index contributed by atoms with van der Waals surface area (Å²) in [6.45, 7) is 2.42. The van der Waals surface area contributed by atoms with Crippen molar-refractivity contribution >= 4 is 12.4 Å². The van der Waals surface area contributed by atoms with Gasteiger partial charge >= 0.3 is 5.97 Å².